The molecule has 1 aliphatic rings. The first-order valence-corrected chi connectivity index (χ1v) is 6.53. The predicted molar refractivity (Wildman–Crippen MR) is 70.4 cm³/mol. The SMILES string of the molecule is CC1CCCN(c2ncc(CO)cc2Cl)C1C. The zero-order valence-corrected chi connectivity index (χ0v) is 11.1. The molecule has 1 aromatic rings. The van der Waals surface area contributed by atoms with Gasteiger partial charge in [0.2, 0.25) is 0 Å². The van der Waals surface area contributed by atoms with Gasteiger partial charge in [0.15, 0.2) is 0 Å². The number of piperidine rings is 1. The van der Waals surface area contributed by atoms with Crippen LogP contribution in [0.2, 0.25) is 5.02 Å². The molecular weight excluding hydrogens is 236 g/mol. The predicted octanol–water partition coefficient (Wildman–Crippen LogP) is 2.85. The number of nitrogens with zero attached hydrogens (tertiary/aromatic N) is 2. The first-order chi connectivity index (χ1) is 8.13. The van der Waals surface area contributed by atoms with E-state index < -0.39 is 0 Å². The molecule has 4 heteroatoms. The average molecular weight is 255 g/mol. The summed E-state index contributed by atoms with van der Waals surface area (Å²) in [4.78, 5) is 6.67. The van der Waals surface area contributed by atoms with Gasteiger partial charge >= 0.3 is 0 Å². The van der Waals surface area contributed by atoms with Crippen molar-refractivity contribution in [1.29, 1.82) is 0 Å². The van der Waals surface area contributed by atoms with Crippen molar-refractivity contribution in [3.05, 3.63) is 22.8 Å². The third-order valence-electron chi connectivity index (χ3n) is 3.71. The largest absolute Gasteiger partial charge is 0.392 e. The van der Waals surface area contributed by atoms with Gasteiger partial charge in [-0.2, -0.15) is 0 Å². The Morgan fingerprint density at radius 1 is 1.53 bits per heavy atom. The summed E-state index contributed by atoms with van der Waals surface area (Å²) in [5, 5.41) is 9.68. The van der Waals surface area contributed by atoms with E-state index in [2.05, 4.69) is 23.7 Å². The summed E-state index contributed by atoms with van der Waals surface area (Å²) in [5.74, 6) is 1.52. The Morgan fingerprint density at radius 2 is 2.29 bits per heavy atom. The van der Waals surface area contributed by atoms with Crippen molar-refractivity contribution in [2.24, 2.45) is 5.92 Å². The number of aromatic nitrogens is 1. The van der Waals surface area contributed by atoms with Gasteiger partial charge in [-0.25, -0.2) is 4.98 Å². The maximum absolute atomic E-state index is 9.05. The molecule has 17 heavy (non-hydrogen) atoms. The van der Waals surface area contributed by atoms with Crippen LogP contribution in [0.3, 0.4) is 0 Å². The zero-order valence-electron chi connectivity index (χ0n) is 10.4. The van der Waals surface area contributed by atoms with E-state index in [9.17, 15) is 0 Å². The topological polar surface area (TPSA) is 36.4 Å². The highest BCUT2D eigenvalue weighted by atomic mass is 35.5. The molecule has 0 aromatic carbocycles. The standard InChI is InChI=1S/C13H19ClN2O/c1-9-4-3-5-16(10(9)2)13-12(14)6-11(8-17)7-15-13/h6-7,9-10,17H,3-5,8H2,1-2H3. The molecule has 1 fully saturated rings. The van der Waals surface area contributed by atoms with Crippen LogP contribution in [0.1, 0.15) is 32.3 Å². The molecule has 0 bridgehead atoms. The van der Waals surface area contributed by atoms with E-state index in [-0.39, 0.29) is 6.61 Å². The monoisotopic (exact) mass is 254 g/mol. The van der Waals surface area contributed by atoms with Crippen molar-refractivity contribution in [3.63, 3.8) is 0 Å². The lowest BCUT2D eigenvalue weighted by molar-refractivity contribution is 0.281. The lowest BCUT2D eigenvalue weighted by atomic mass is 9.92. The zero-order chi connectivity index (χ0) is 12.4. The van der Waals surface area contributed by atoms with E-state index in [1.54, 1.807) is 12.3 Å². The number of aliphatic hydroxyl groups is 1. The molecule has 0 radical (unpaired) electrons. The summed E-state index contributed by atoms with van der Waals surface area (Å²) in [6, 6.07) is 2.27. The summed E-state index contributed by atoms with van der Waals surface area (Å²) < 4.78 is 0. The van der Waals surface area contributed by atoms with Gasteiger partial charge in [0.1, 0.15) is 5.82 Å². The number of hydrogen-bond donors (Lipinski definition) is 1. The molecule has 1 aromatic heterocycles. The highest BCUT2D eigenvalue weighted by Crippen LogP contribution is 2.31. The molecule has 2 unspecified atom stereocenters. The van der Waals surface area contributed by atoms with Crippen LogP contribution in [-0.4, -0.2) is 22.7 Å². The summed E-state index contributed by atoms with van der Waals surface area (Å²) in [6.07, 6.45) is 4.16. The molecule has 1 aliphatic heterocycles. The average Bonchev–Trinajstić information content (AvgIpc) is 2.33. The molecular formula is C13H19ClN2O. The second-order valence-electron chi connectivity index (χ2n) is 4.86. The maximum atomic E-state index is 9.05. The minimum atomic E-state index is -0.0149. The summed E-state index contributed by atoms with van der Waals surface area (Å²) in [7, 11) is 0. The third-order valence-corrected chi connectivity index (χ3v) is 3.98. The van der Waals surface area contributed by atoms with E-state index in [1.807, 2.05) is 0 Å². The quantitative estimate of drug-likeness (QED) is 0.882. The van der Waals surface area contributed by atoms with Gasteiger partial charge in [-0.15, -0.1) is 0 Å². The number of anilines is 1. The Kier molecular flexibility index (Phi) is 3.89. The lowest BCUT2D eigenvalue weighted by Crippen LogP contribution is -2.43. The van der Waals surface area contributed by atoms with Crippen LogP contribution in [0, 0.1) is 5.92 Å². The summed E-state index contributed by atoms with van der Waals surface area (Å²) >= 11 is 6.24. The van der Waals surface area contributed by atoms with Crippen LogP contribution >= 0.6 is 11.6 Å². The number of aliphatic hydroxyl groups excluding tert-OH is 1. The second kappa shape index (κ2) is 5.23. The maximum Gasteiger partial charge on any atom is 0.147 e. The van der Waals surface area contributed by atoms with Gasteiger partial charge < -0.3 is 10.0 Å². The van der Waals surface area contributed by atoms with Gasteiger partial charge in [-0.3, -0.25) is 0 Å². The molecule has 3 nitrogen and oxygen atoms in total. The van der Waals surface area contributed by atoms with Gasteiger partial charge in [0.25, 0.3) is 0 Å². The molecule has 0 aliphatic carbocycles. The first kappa shape index (κ1) is 12.7. The van der Waals surface area contributed by atoms with E-state index in [0.29, 0.717) is 17.0 Å². The van der Waals surface area contributed by atoms with Crippen LogP contribution in [0.4, 0.5) is 5.82 Å². The highest BCUT2D eigenvalue weighted by Gasteiger charge is 2.26. The number of rotatable bonds is 2. The Bertz CT molecular complexity index is 397. The van der Waals surface area contributed by atoms with Crippen molar-refractivity contribution in [1.82, 2.24) is 4.98 Å². The third kappa shape index (κ3) is 2.55. The molecule has 0 spiro atoms. The van der Waals surface area contributed by atoms with E-state index in [0.717, 1.165) is 17.9 Å². The van der Waals surface area contributed by atoms with Crippen LogP contribution < -0.4 is 4.90 Å². The Labute approximate surface area is 107 Å². The first-order valence-electron chi connectivity index (χ1n) is 6.15. The van der Waals surface area contributed by atoms with Gasteiger partial charge in [0.05, 0.1) is 11.6 Å². The fraction of sp³-hybridized carbons (Fsp3) is 0.615. The van der Waals surface area contributed by atoms with E-state index in [4.69, 9.17) is 16.7 Å². The molecule has 0 amide bonds. The van der Waals surface area contributed by atoms with Crippen molar-refractivity contribution >= 4 is 17.4 Å². The van der Waals surface area contributed by atoms with Crippen LogP contribution in [0.15, 0.2) is 12.3 Å². The molecule has 1 saturated heterocycles. The Hall–Kier alpha value is -0.800. The number of pyridine rings is 1. The van der Waals surface area contributed by atoms with E-state index >= 15 is 0 Å². The number of hydrogen-bond acceptors (Lipinski definition) is 3. The molecule has 94 valence electrons. The Morgan fingerprint density at radius 3 is 2.94 bits per heavy atom. The molecule has 0 saturated carbocycles. The minimum absolute atomic E-state index is 0.0149. The van der Waals surface area contributed by atoms with Crippen LogP contribution in [0.25, 0.3) is 0 Å². The second-order valence-corrected chi connectivity index (χ2v) is 5.27. The van der Waals surface area contributed by atoms with Crippen LogP contribution in [0.5, 0.6) is 0 Å². The summed E-state index contributed by atoms with van der Waals surface area (Å²) in [5.41, 5.74) is 0.761. The van der Waals surface area contributed by atoms with Gasteiger partial charge in [-0.05, 0) is 37.3 Å². The smallest absolute Gasteiger partial charge is 0.147 e. The van der Waals surface area contributed by atoms with E-state index in [1.165, 1.54) is 12.8 Å². The van der Waals surface area contributed by atoms with Crippen molar-refractivity contribution < 1.29 is 5.11 Å². The highest BCUT2D eigenvalue weighted by molar-refractivity contribution is 6.33. The summed E-state index contributed by atoms with van der Waals surface area (Å²) in [6.45, 7) is 5.49. The van der Waals surface area contributed by atoms with Crippen molar-refractivity contribution in [2.75, 3.05) is 11.4 Å². The van der Waals surface area contributed by atoms with Gasteiger partial charge in [0, 0.05) is 18.8 Å². The van der Waals surface area contributed by atoms with Crippen molar-refractivity contribution in [2.45, 2.75) is 39.3 Å². The fourth-order valence-corrected chi connectivity index (χ4v) is 2.70. The molecule has 2 heterocycles. The minimum Gasteiger partial charge on any atom is -0.392 e. The fourth-order valence-electron chi connectivity index (χ4n) is 2.40. The lowest BCUT2D eigenvalue weighted by Gasteiger charge is -2.39. The van der Waals surface area contributed by atoms with Crippen molar-refractivity contribution in [3.8, 4) is 0 Å². The normalized spacial score (nSPS) is 25.1. The number of halogens is 1. The van der Waals surface area contributed by atoms with Crippen LogP contribution in [-0.2, 0) is 6.61 Å². The Balaban J connectivity index is 2.27. The molecule has 2 atom stereocenters. The van der Waals surface area contributed by atoms with Gasteiger partial charge in [-0.1, -0.05) is 18.5 Å². The molecule has 2 rings (SSSR count). The molecule has 1 N–H and O–H groups in total.